The zero-order chi connectivity index (χ0) is 23.5. The summed E-state index contributed by atoms with van der Waals surface area (Å²) in [6.07, 6.45) is 0.500. The Balaban J connectivity index is 1.58. The van der Waals surface area contributed by atoms with Gasteiger partial charge in [-0.1, -0.05) is 0 Å². The van der Waals surface area contributed by atoms with Crippen LogP contribution in [-0.4, -0.2) is 68.9 Å². The zero-order valence-corrected chi connectivity index (χ0v) is 18.0. The highest BCUT2D eigenvalue weighted by atomic mass is 16.6. The van der Waals surface area contributed by atoms with Crippen LogP contribution >= 0.6 is 0 Å². The number of esters is 3. The van der Waals surface area contributed by atoms with Crippen LogP contribution in [0.25, 0.3) is 11.2 Å². The van der Waals surface area contributed by atoms with Crippen molar-refractivity contribution >= 4 is 34.9 Å². The molecule has 1 N–H and O–H groups in total. The summed E-state index contributed by atoms with van der Waals surface area (Å²) in [6, 6.07) is 2.20. The van der Waals surface area contributed by atoms with Gasteiger partial charge in [-0.25, -0.2) is 4.98 Å². The van der Waals surface area contributed by atoms with Crippen molar-refractivity contribution in [3.63, 3.8) is 0 Å². The number of aromatic nitrogens is 4. The molecule has 0 spiro atoms. The summed E-state index contributed by atoms with van der Waals surface area (Å²) in [7, 11) is 0. The predicted octanol–water partition coefficient (Wildman–Crippen LogP) is 0.598. The molecule has 1 unspecified atom stereocenters. The number of imidazole rings is 1. The van der Waals surface area contributed by atoms with E-state index in [2.05, 4.69) is 20.3 Å². The Bertz CT molecular complexity index is 1120. The summed E-state index contributed by atoms with van der Waals surface area (Å²) in [5.41, 5.74) is 0.751. The van der Waals surface area contributed by atoms with Crippen molar-refractivity contribution in [1.29, 1.82) is 5.26 Å². The summed E-state index contributed by atoms with van der Waals surface area (Å²) in [4.78, 5) is 47.6. The number of nitrogens with one attached hydrogen (secondary N) is 1. The van der Waals surface area contributed by atoms with E-state index in [1.54, 1.807) is 0 Å². The van der Waals surface area contributed by atoms with Gasteiger partial charge in [0.05, 0.1) is 19.4 Å². The molecular formula is C20H22N6O7. The van der Waals surface area contributed by atoms with Crippen LogP contribution in [0.5, 0.6) is 0 Å². The quantitative estimate of drug-likeness (QED) is 0.432. The molecule has 174 valence electrons. The lowest BCUT2D eigenvalue weighted by atomic mass is 10.2. The van der Waals surface area contributed by atoms with Crippen LogP contribution in [0.2, 0.25) is 0 Å². The molecule has 0 bridgehead atoms. The number of anilines is 1. The molecule has 0 aromatic carbocycles. The van der Waals surface area contributed by atoms with Gasteiger partial charge < -0.3 is 24.3 Å². The lowest BCUT2D eigenvalue weighted by Gasteiger charge is -2.23. The second kappa shape index (κ2) is 9.37. The van der Waals surface area contributed by atoms with E-state index in [9.17, 15) is 19.6 Å². The first-order valence-electron chi connectivity index (χ1n) is 10.4. The molecule has 3 atom stereocenters. The standard InChI is InChI=1S/C20H22N6O7/c1-10(27)30-6-5-15(29)33-13-8-31-20(17(13)32-11(2)28)26-9-22-16-18(23-12-3-4-12)24-14(7-21)25-19(16)26/h9,12-13,17,20H,3-6,8H2,1-2H3,(H,23,24,25)/t13?,17-,20-/m1/s1. The maximum atomic E-state index is 12.2. The minimum atomic E-state index is -0.988. The van der Waals surface area contributed by atoms with Gasteiger partial charge in [-0.15, -0.1) is 0 Å². The molecule has 1 saturated carbocycles. The second-order valence-electron chi connectivity index (χ2n) is 7.67. The largest absolute Gasteiger partial charge is 0.465 e. The molecule has 3 heterocycles. The number of carbonyl (C=O) groups is 3. The van der Waals surface area contributed by atoms with Crippen molar-refractivity contribution < 1.29 is 33.3 Å². The molecule has 2 aromatic heterocycles. The Morgan fingerprint density at radius 2 is 2.03 bits per heavy atom. The molecule has 2 aliphatic rings. The van der Waals surface area contributed by atoms with Gasteiger partial charge >= 0.3 is 17.9 Å². The predicted molar refractivity (Wildman–Crippen MR) is 108 cm³/mol. The van der Waals surface area contributed by atoms with Gasteiger partial charge in [0.1, 0.15) is 12.7 Å². The van der Waals surface area contributed by atoms with Crippen LogP contribution in [0, 0.1) is 11.3 Å². The van der Waals surface area contributed by atoms with Gasteiger partial charge in [0, 0.05) is 19.9 Å². The van der Waals surface area contributed by atoms with Crippen LogP contribution < -0.4 is 5.32 Å². The summed E-state index contributed by atoms with van der Waals surface area (Å²) >= 11 is 0. The van der Waals surface area contributed by atoms with Gasteiger partial charge in [-0.3, -0.25) is 19.0 Å². The van der Waals surface area contributed by atoms with Crippen LogP contribution in [0.3, 0.4) is 0 Å². The molecular weight excluding hydrogens is 436 g/mol. The number of ether oxygens (including phenoxy) is 4. The van der Waals surface area contributed by atoms with Gasteiger partial charge in [0.15, 0.2) is 35.4 Å². The highest BCUT2D eigenvalue weighted by molar-refractivity contribution is 5.83. The molecule has 33 heavy (non-hydrogen) atoms. The maximum absolute atomic E-state index is 12.2. The van der Waals surface area contributed by atoms with Gasteiger partial charge in [-0.05, 0) is 12.8 Å². The van der Waals surface area contributed by atoms with Gasteiger partial charge in [-0.2, -0.15) is 15.2 Å². The summed E-state index contributed by atoms with van der Waals surface area (Å²) in [5, 5.41) is 12.6. The minimum Gasteiger partial charge on any atom is -0.465 e. The first kappa shape index (κ1) is 22.4. The normalized spacial score (nSPS) is 21.9. The fraction of sp³-hybridized carbons (Fsp3) is 0.550. The van der Waals surface area contributed by atoms with E-state index in [-0.39, 0.29) is 31.5 Å². The Labute approximate surface area is 188 Å². The van der Waals surface area contributed by atoms with Crippen molar-refractivity contribution in [1.82, 2.24) is 19.5 Å². The van der Waals surface area contributed by atoms with Gasteiger partial charge in [0.2, 0.25) is 5.82 Å². The maximum Gasteiger partial charge on any atom is 0.309 e. The molecule has 2 fully saturated rings. The van der Waals surface area contributed by atoms with Crippen molar-refractivity contribution in [3.05, 3.63) is 12.2 Å². The third-order valence-corrected chi connectivity index (χ3v) is 4.99. The second-order valence-corrected chi connectivity index (χ2v) is 7.67. The summed E-state index contributed by atoms with van der Waals surface area (Å²) < 4.78 is 22.9. The number of nitriles is 1. The van der Waals surface area contributed by atoms with Crippen LogP contribution in [0.15, 0.2) is 6.33 Å². The SMILES string of the molecule is CC(=O)OCCC(=O)OC1CO[C@@H](n2cnc3c(NC4CC4)nc(C#N)nc32)[C@@H]1OC(C)=O. The fourth-order valence-corrected chi connectivity index (χ4v) is 3.41. The molecule has 13 nitrogen and oxygen atoms in total. The van der Waals surface area contributed by atoms with Crippen LogP contribution in [-0.2, 0) is 33.3 Å². The topological polar surface area (TPSA) is 168 Å². The summed E-state index contributed by atoms with van der Waals surface area (Å²) in [6.45, 7) is 2.29. The van der Waals surface area contributed by atoms with Crippen molar-refractivity contribution in [2.45, 2.75) is 57.6 Å². The summed E-state index contributed by atoms with van der Waals surface area (Å²) in [5.74, 6) is -1.35. The average molecular weight is 458 g/mol. The lowest BCUT2D eigenvalue weighted by Crippen LogP contribution is -2.36. The highest BCUT2D eigenvalue weighted by Crippen LogP contribution is 2.33. The van der Waals surface area contributed by atoms with E-state index in [0.717, 1.165) is 12.8 Å². The van der Waals surface area contributed by atoms with Gasteiger partial charge in [0.25, 0.3) is 0 Å². The number of nitrogens with zero attached hydrogens (tertiary/aromatic N) is 5. The molecule has 0 amide bonds. The van der Waals surface area contributed by atoms with E-state index in [0.29, 0.717) is 17.0 Å². The third kappa shape index (κ3) is 5.17. The first-order chi connectivity index (χ1) is 15.9. The monoisotopic (exact) mass is 458 g/mol. The number of carbonyl (C=O) groups excluding carboxylic acids is 3. The molecule has 1 saturated heterocycles. The Kier molecular flexibility index (Phi) is 6.36. The third-order valence-electron chi connectivity index (χ3n) is 4.99. The smallest absolute Gasteiger partial charge is 0.309 e. The molecule has 1 aliphatic carbocycles. The first-order valence-corrected chi connectivity index (χ1v) is 10.4. The van der Waals surface area contributed by atoms with E-state index >= 15 is 0 Å². The van der Waals surface area contributed by atoms with E-state index in [1.807, 2.05) is 6.07 Å². The van der Waals surface area contributed by atoms with E-state index in [1.165, 1.54) is 24.7 Å². The highest BCUT2D eigenvalue weighted by Gasteiger charge is 2.44. The number of hydrogen-bond donors (Lipinski definition) is 1. The Morgan fingerprint density at radius 1 is 1.24 bits per heavy atom. The molecule has 0 radical (unpaired) electrons. The molecule has 2 aromatic rings. The number of rotatable bonds is 8. The lowest BCUT2D eigenvalue weighted by molar-refractivity contribution is -0.167. The fourth-order valence-electron chi connectivity index (χ4n) is 3.41. The van der Waals surface area contributed by atoms with Crippen molar-refractivity contribution in [3.8, 4) is 6.07 Å². The van der Waals surface area contributed by atoms with E-state index in [4.69, 9.17) is 18.9 Å². The molecule has 4 rings (SSSR count). The van der Waals surface area contributed by atoms with Crippen molar-refractivity contribution in [2.24, 2.45) is 0 Å². The van der Waals surface area contributed by atoms with Crippen molar-refractivity contribution in [2.75, 3.05) is 18.5 Å². The molecule has 1 aliphatic heterocycles. The number of hydrogen-bond acceptors (Lipinski definition) is 12. The average Bonchev–Trinajstić information content (AvgIpc) is 3.35. The Hall–Kier alpha value is -3.79. The van der Waals surface area contributed by atoms with Crippen LogP contribution in [0.4, 0.5) is 5.82 Å². The minimum absolute atomic E-state index is 0.0506. The molecule has 13 heteroatoms. The zero-order valence-electron chi connectivity index (χ0n) is 18.0. The van der Waals surface area contributed by atoms with E-state index < -0.39 is 36.3 Å². The number of fused-ring (bicyclic) bond motifs is 1. The van der Waals surface area contributed by atoms with Crippen LogP contribution in [0.1, 0.15) is 45.2 Å². The Morgan fingerprint density at radius 3 is 2.70 bits per heavy atom.